The average molecular weight is 543 g/mol. The molecule has 0 saturated carbocycles. The lowest BCUT2D eigenvalue weighted by Crippen LogP contribution is -2.10. The van der Waals surface area contributed by atoms with Gasteiger partial charge < -0.3 is 32.4 Å². The lowest BCUT2D eigenvalue weighted by atomic mass is 10.3. The third-order valence-electron chi connectivity index (χ3n) is 3.65. The van der Waals surface area contributed by atoms with Gasteiger partial charge in [-0.2, -0.15) is 0 Å². The average Bonchev–Trinajstić information content (AvgIpc) is 2.78. The standard InChI is InChI=1S/C11H24NO3P.C8H17N.C6H15O3P/c1-5-14-16(13,15-6-2)11-9-7-8-10-12(3)4;1-4-5-6-7-8-9(2)3;1-4-7-10(8-5-2)9-6-3/h7-8H,5-6,9-11H2,1-4H3;6-7H,4-5,8H2,1-3H3;4-6H2,1-3H3/b8-7+;7-6+;. The van der Waals surface area contributed by atoms with E-state index in [9.17, 15) is 4.57 Å². The van der Waals surface area contributed by atoms with Gasteiger partial charge in [-0.05, 0) is 75.7 Å². The maximum atomic E-state index is 12.0. The van der Waals surface area contributed by atoms with Gasteiger partial charge in [-0.1, -0.05) is 37.6 Å². The van der Waals surface area contributed by atoms with Gasteiger partial charge in [-0.25, -0.2) is 0 Å². The third-order valence-corrected chi connectivity index (χ3v) is 7.17. The normalized spacial score (nSPS) is 11.9. The van der Waals surface area contributed by atoms with Crippen LogP contribution >= 0.6 is 16.2 Å². The van der Waals surface area contributed by atoms with Crippen molar-refractivity contribution in [2.45, 2.75) is 60.8 Å². The fourth-order valence-corrected chi connectivity index (χ4v) is 4.63. The minimum absolute atomic E-state index is 0.429. The molecule has 0 aliphatic carbocycles. The van der Waals surface area contributed by atoms with Gasteiger partial charge in [0, 0.05) is 13.1 Å². The van der Waals surface area contributed by atoms with E-state index >= 15 is 0 Å². The number of hydrogen-bond acceptors (Lipinski definition) is 8. The van der Waals surface area contributed by atoms with Crippen molar-refractivity contribution in [2.24, 2.45) is 0 Å². The number of rotatable bonds is 19. The highest BCUT2D eigenvalue weighted by Crippen LogP contribution is 2.48. The van der Waals surface area contributed by atoms with Crippen LogP contribution in [0.5, 0.6) is 0 Å². The van der Waals surface area contributed by atoms with Gasteiger partial charge in [0.15, 0.2) is 0 Å². The Hall–Kier alpha value is -0.140. The minimum Gasteiger partial charge on any atom is -0.313 e. The maximum absolute atomic E-state index is 12.0. The summed E-state index contributed by atoms with van der Waals surface area (Å²) in [6.45, 7) is 16.4. The van der Waals surface area contributed by atoms with Crippen LogP contribution in [0.3, 0.4) is 0 Å². The molecule has 0 saturated heterocycles. The third kappa shape index (κ3) is 33.9. The van der Waals surface area contributed by atoms with E-state index < -0.39 is 16.2 Å². The molecule has 0 N–H and O–H groups in total. The Labute approximate surface area is 218 Å². The lowest BCUT2D eigenvalue weighted by Gasteiger charge is -2.15. The second-order valence-electron chi connectivity index (χ2n) is 7.69. The molecule has 0 radical (unpaired) electrons. The summed E-state index contributed by atoms with van der Waals surface area (Å²) in [5, 5.41) is 0. The first-order valence-electron chi connectivity index (χ1n) is 12.8. The van der Waals surface area contributed by atoms with Crippen molar-refractivity contribution >= 4 is 16.2 Å². The van der Waals surface area contributed by atoms with Crippen LogP contribution in [0.2, 0.25) is 0 Å². The van der Waals surface area contributed by atoms with Crippen LogP contribution in [-0.4, -0.2) is 90.3 Å². The number of allylic oxidation sites excluding steroid dienone is 2. The summed E-state index contributed by atoms with van der Waals surface area (Å²) in [5.41, 5.74) is 0. The quantitative estimate of drug-likeness (QED) is 0.128. The molecule has 35 heavy (non-hydrogen) atoms. The largest absolute Gasteiger partial charge is 0.332 e. The Balaban J connectivity index is -0.000000466. The Morgan fingerprint density at radius 1 is 0.629 bits per heavy atom. The van der Waals surface area contributed by atoms with Crippen LogP contribution in [-0.2, 0) is 27.2 Å². The van der Waals surface area contributed by atoms with Gasteiger partial charge in [-0.3, -0.25) is 4.57 Å². The first-order valence-corrected chi connectivity index (χ1v) is 15.6. The second-order valence-corrected chi connectivity index (χ2v) is 11.1. The first kappa shape index (κ1) is 39.4. The zero-order valence-corrected chi connectivity index (χ0v) is 26.1. The summed E-state index contributed by atoms with van der Waals surface area (Å²) < 4.78 is 37.8. The summed E-state index contributed by atoms with van der Waals surface area (Å²) in [7, 11) is 4.27. The van der Waals surface area contributed by atoms with E-state index in [1.165, 1.54) is 12.8 Å². The minimum atomic E-state index is -2.85. The molecule has 0 rings (SSSR count). The molecule has 0 bridgehead atoms. The molecular weight excluding hydrogens is 486 g/mol. The van der Waals surface area contributed by atoms with E-state index in [0.29, 0.717) is 39.2 Å². The molecule has 0 fully saturated rings. The van der Waals surface area contributed by atoms with Gasteiger partial charge in [0.1, 0.15) is 0 Å². The summed E-state index contributed by atoms with van der Waals surface area (Å²) >= 11 is 0. The van der Waals surface area contributed by atoms with Gasteiger partial charge in [0.25, 0.3) is 0 Å². The van der Waals surface area contributed by atoms with Gasteiger partial charge in [0.2, 0.25) is 0 Å². The SMILES string of the molecule is CCC/C=C/CN(C)C.CCOP(=O)(CC/C=C/CN(C)C)OCC.CCOP(OCC)OCC. The van der Waals surface area contributed by atoms with Crippen LogP contribution in [0.1, 0.15) is 60.8 Å². The molecule has 0 heterocycles. The zero-order chi connectivity index (χ0) is 27.4. The molecular formula is C25H56N2O6P2. The topological polar surface area (TPSA) is 69.7 Å². The highest BCUT2D eigenvalue weighted by Gasteiger charge is 2.21. The molecule has 212 valence electrons. The predicted molar refractivity (Wildman–Crippen MR) is 152 cm³/mol. The van der Waals surface area contributed by atoms with Crippen LogP contribution in [0.4, 0.5) is 0 Å². The van der Waals surface area contributed by atoms with Crippen LogP contribution in [0, 0.1) is 0 Å². The first-order chi connectivity index (χ1) is 16.7. The molecule has 0 atom stereocenters. The van der Waals surface area contributed by atoms with Gasteiger partial charge in [0.05, 0.1) is 39.2 Å². The van der Waals surface area contributed by atoms with Crippen molar-refractivity contribution in [3.05, 3.63) is 24.3 Å². The van der Waals surface area contributed by atoms with Crippen molar-refractivity contribution in [1.29, 1.82) is 0 Å². The molecule has 0 aliphatic rings. The molecule has 0 unspecified atom stereocenters. The number of hydrogen-bond donors (Lipinski definition) is 0. The summed E-state index contributed by atoms with van der Waals surface area (Å²) in [6.07, 6.45) is 12.2. The van der Waals surface area contributed by atoms with Crippen molar-refractivity contribution in [2.75, 3.05) is 80.5 Å². The molecule has 0 spiro atoms. The fraction of sp³-hybridized carbons (Fsp3) is 0.840. The van der Waals surface area contributed by atoms with Crippen molar-refractivity contribution in [1.82, 2.24) is 9.80 Å². The maximum Gasteiger partial charge on any atom is 0.332 e. The number of nitrogens with zero attached hydrogens (tertiary/aromatic N) is 2. The Kier molecular flexibility index (Phi) is 33.8. The molecule has 10 heteroatoms. The summed E-state index contributed by atoms with van der Waals surface area (Å²) in [5.74, 6) is 0. The Morgan fingerprint density at radius 3 is 1.34 bits per heavy atom. The van der Waals surface area contributed by atoms with E-state index in [1.54, 1.807) is 0 Å². The number of unbranched alkanes of at least 4 members (excludes halogenated alkanes) is 1. The Morgan fingerprint density at radius 2 is 1.03 bits per heavy atom. The molecule has 0 aliphatic heterocycles. The van der Waals surface area contributed by atoms with Crippen LogP contribution in [0.15, 0.2) is 24.3 Å². The fourth-order valence-electron chi connectivity index (χ4n) is 2.19. The van der Waals surface area contributed by atoms with Crippen LogP contribution in [0.25, 0.3) is 0 Å². The van der Waals surface area contributed by atoms with Crippen molar-refractivity contribution < 1.29 is 27.2 Å². The smallest absolute Gasteiger partial charge is 0.313 e. The highest BCUT2D eigenvalue weighted by atomic mass is 31.2. The monoisotopic (exact) mass is 542 g/mol. The molecule has 0 aromatic carbocycles. The van der Waals surface area contributed by atoms with E-state index in [-0.39, 0.29) is 0 Å². The molecule has 0 aromatic heterocycles. The summed E-state index contributed by atoms with van der Waals surface area (Å²) in [4.78, 5) is 4.23. The second kappa shape index (κ2) is 30.1. The molecule has 0 aromatic rings. The van der Waals surface area contributed by atoms with Gasteiger partial charge in [-0.15, -0.1) is 0 Å². The number of likely N-dealkylation sites (N-methyl/N-ethyl adjacent to an activating group) is 2. The van der Waals surface area contributed by atoms with Crippen molar-refractivity contribution in [3.8, 4) is 0 Å². The zero-order valence-electron chi connectivity index (χ0n) is 24.3. The Bertz CT molecular complexity index is 496. The molecule has 0 amide bonds. The predicted octanol–water partition coefficient (Wildman–Crippen LogP) is 6.99. The van der Waals surface area contributed by atoms with Crippen LogP contribution < -0.4 is 0 Å². The highest BCUT2D eigenvalue weighted by molar-refractivity contribution is 7.53. The molecule has 8 nitrogen and oxygen atoms in total. The van der Waals surface area contributed by atoms with Crippen molar-refractivity contribution in [3.63, 3.8) is 0 Å². The lowest BCUT2D eigenvalue weighted by molar-refractivity contribution is 0.176. The van der Waals surface area contributed by atoms with E-state index in [4.69, 9.17) is 22.6 Å². The van der Waals surface area contributed by atoms with Gasteiger partial charge >= 0.3 is 16.2 Å². The van der Waals surface area contributed by atoms with E-state index in [2.05, 4.69) is 49.0 Å². The summed E-state index contributed by atoms with van der Waals surface area (Å²) in [6, 6.07) is 0. The van der Waals surface area contributed by atoms with E-state index in [1.807, 2.05) is 54.8 Å². The van der Waals surface area contributed by atoms with E-state index in [0.717, 1.165) is 19.5 Å².